The molecule has 156 valence electrons. The highest BCUT2D eigenvalue weighted by Gasteiger charge is 2.26. The van der Waals surface area contributed by atoms with E-state index in [-0.39, 0.29) is 18.3 Å². The van der Waals surface area contributed by atoms with E-state index in [4.69, 9.17) is 17.3 Å². The van der Waals surface area contributed by atoms with Gasteiger partial charge in [-0.25, -0.2) is 15.0 Å². The van der Waals surface area contributed by atoms with Crippen molar-refractivity contribution in [2.45, 2.75) is 19.5 Å². The van der Waals surface area contributed by atoms with Gasteiger partial charge in [-0.15, -0.1) is 5.10 Å². The second kappa shape index (κ2) is 8.91. The minimum Gasteiger partial charge on any atom is -0.382 e. The molecule has 1 aromatic carbocycles. The summed E-state index contributed by atoms with van der Waals surface area (Å²) in [5.41, 5.74) is 7.55. The molecule has 0 unspecified atom stereocenters. The fourth-order valence-electron chi connectivity index (χ4n) is 3.12. The highest BCUT2D eigenvalue weighted by Crippen LogP contribution is 2.26. The number of anilines is 1. The molecule has 0 saturated carbocycles. The van der Waals surface area contributed by atoms with Crippen molar-refractivity contribution in [3.05, 3.63) is 81.6 Å². The normalized spacial score (nSPS) is 12.0. The summed E-state index contributed by atoms with van der Waals surface area (Å²) in [6, 6.07) is 11.8. The number of nitrogens with zero attached hydrogens (tertiary/aromatic N) is 6. The number of fused-ring (bicyclic) bond motifs is 1. The minimum atomic E-state index is -0.400. The molecule has 4 aromatic rings. The van der Waals surface area contributed by atoms with Crippen LogP contribution in [-0.2, 0) is 6.54 Å². The fourth-order valence-corrected chi connectivity index (χ4v) is 3.49. The van der Waals surface area contributed by atoms with E-state index in [9.17, 15) is 4.79 Å². The van der Waals surface area contributed by atoms with E-state index in [2.05, 4.69) is 41.1 Å². The number of nitrogen functional groups attached to an aromatic ring is 1. The molecule has 3 heterocycles. The standard InChI is InChI=1S/C21H17BrClN7O/c1-12(20-25-7-2-8-26-20)30(11-15-4-6-18(22)29-28-15)21(31)13-3-5-17-14(9-13)10-16(23)19(24)27-17/h2-10,12H,11H2,1H3,(H2,24,27)/t12-/m1/s1. The number of amides is 1. The summed E-state index contributed by atoms with van der Waals surface area (Å²) >= 11 is 9.39. The molecule has 1 amide bonds. The predicted molar refractivity (Wildman–Crippen MR) is 121 cm³/mol. The first-order chi connectivity index (χ1) is 14.9. The maximum Gasteiger partial charge on any atom is 0.254 e. The Hall–Kier alpha value is -3.17. The van der Waals surface area contributed by atoms with Crippen LogP contribution in [0.1, 0.15) is 34.8 Å². The number of carbonyl (C=O) groups excluding carboxylic acids is 1. The van der Waals surface area contributed by atoms with E-state index >= 15 is 0 Å². The maximum atomic E-state index is 13.6. The van der Waals surface area contributed by atoms with Crippen LogP contribution in [0.3, 0.4) is 0 Å². The Labute approximate surface area is 191 Å². The molecule has 1 atom stereocenters. The second-order valence-corrected chi connectivity index (χ2v) is 8.05. The van der Waals surface area contributed by atoms with Crippen molar-refractivity contribution in [2.24, 2.45) is 0 Å². The van der Waals surface area contributed by atoms with Gasteiger partial charge in [-0.3, -0.25) is 4.79 Å². The van der Waals surface area contributed by atoms with Crippen LogP contribution in [-0.4, -0.2) is 36.0 Å². The Bertz CT molecular complexity index is 1240. The third kappa shape index (κ3) is 4.62. The van der Waals surface area contributed by atoms with Gasteiger partial charge in [0, 0.05) is 23.3 Å². The Balaban J connectivity index is 1.72. The van der Waals surface area contributed by atoms with E-state index in [1.54, 1.807) is 53.7 Å². The third-order valence-corrected chi connectivity index (χ3v) is 5.48. The number of aromatic nitrogens is 5. The summed E-state index contributed by atoms with van der Waals surface area (Å²) in [5, 5.41) is 9.24. The number of benzene rings is 1. The molecule has 0 saturated heterocycles. The SMILES string of the molecule is C[C@H](c1ncccn1)N(Cc1ccc(Br)nn1)C(=O)c1ccc2nc(N)c(Cl)cc2c1. The molecule has 3 aromatic heterocycles. The van der Waals surface area contributed by atoms with Crippen LogP contribution in [0.15, 0.2) is 59.5 Å². The van der Waals surface area contributed by atoms with Crippen LogP contribution < -0.4 is 5.73 Å². The van der Waals surface area contributed by atoms with Gasteiger partial charge in [-0.2, -0.15) is 5.10 Å². The lowest BCUT2D eigenvalue weighted by Gasteiger charge is -2.28. The number of hydrogen-bond donors (Lipinski definition) is 1. The summed E-state index contributed by atoms with van der Waals surface area (Å²) in [7, 11) is 0. The Kier molecular flexibility index (Phi) is 6.06. The van der Waals surface area contributed by atoms with Gasteiger partial charge in [0.05, 0.1) is 28.8 Å². The molecule has 0 aliphatic rings. The monoisotopic (exact) mass is 497 g/mol. The summed E-state index contributed by atoms with van der Waals surface area (Å²) in [6.07, 6.45) is 3.30. The number of halogens is 2. The van der Waals surface area contributed by atoms with Crippen LogP contribution in [0.25, 0.3) is 10.9 Å². The van der Waals surface area contributed by atoms with Crippen molar-refractivity contribution in [2.75, 3.05) is 5.73 Å². The molecule has 0 bridgehead atoms. The zero-order valence-electron chi connectivity index (χ0n) is 16.4. The molecule has 4 rings (SSSR count). The fraction of sp³-hybridized carbons (Fsp3) is 0.143. The Morgan fingerprint density at radius 3 is 2.65 bits per heavy atom. The average Bonchev–Trinajstić information content (AvgIpc) is 2.79. The molecular weight excluding hydrogens is 482 g/mol. The zero-order valence-corrected chi connectivity index (χ0v) is 18.7. The largest absolute Gasteiger partial charge is 0.382 e. The second-order valence-electron chi connectivity index (χ2n) is 6.83. The van der Waals surface area contributed by atoms with E-state index in [1.807, 2.05) is 13.0 Å². The van der Waals surface area contributed by atoms with Crippen LogP contribution in [0.2, 0.25) is 5.02 Å². The van der Waals surface area contributed by atoms with E-state index in [0.717, 1.165) is 5.39 Å². The molecule has 0 fully saturated rings. The lowest BCUT2D eigenvalue weighted by Crippen LogP contribution is -2.34. The maximum absolute atomic E-state index is 13.6. The smallest absolute Gasteiger partial charge is 0.254 e. The lowest BCUT2D eigenvalue weighted by molar-refractivity contribution is 0.0663. The van der Waals surface area contributed by atoms with E-state index < -0.39 is 6.04 Å². The van der Waals surface area contributed by atoms with Crippen LogP contribution in [0.5, 0.6) is 0 Å². The quantitative estimate of drug-likeness (QED) is 0.438. The highest BCUT2D eigenvalue weighted by molar-refractivity contribution is 9.10. The van der Waals surface area contributed by atoms with Gasteiger partial charge in [0.25, 0.3) is 5.91 Å². The third-order valence-electron chi connectivity index (χ3n) is 4.75. The molecular formula is C21H17BrClN7O. The van der Waals surface area contributed by atoms with Crippen molar-refractivity contribution >= 4 is 50.2 Å². The van der Waals surface area contributed by atoms with Crippen LogP contribution >= 0.6 is 27.5 Å². The minimum absolute atomic E-state index is 0.209. The molecule has 0 radical (unpaired) electrons. The van der Waals surface area contributed by atoms with Gasteiger partial charge in [0.2, 0.25) is 0 Å². The Morgan fingerprint density at radius 2 is 1.94 bits per heavy atom. The van der Waals surface area contributed by atoms with Gasteiger partial charge in [-0.1, -0.05) is 11.6 Å². The van der Waals surface area contributed by atoms with E-state index in [0.29, 0.717) is 32.2 Å². The number of carbonyl (C=O) groups is 1. The molecule has 0 aliphatic heterocycles. The lowest BCUT2D eigenvalue weighted by atomic mass is 10.1. The first kappa shape index (κ1) is 21.1. The number of nitrogens with two attached hydrogens (primary N) is 1. The van der Waals surface area contributed by atoms with Crippen molar-refractivity contribution in [3.63, 3.8) is 0 Å². The Morgan fingerprint density at radius 1 is 1.16 bits per heavy atom. The summed E-state index contributed by atoms with van der Waals surface area (Å²) < 4.78 is 0.617. The van der Waals surface area contributed by atoms with Crippen molar-refractivity contribution in [1.29, 1.82) is 0 Å². The van der Waals surface area contributed by atoms with Crippen molar-refractivity contribution in [3.8, 4) is 0 Å². The molecule has 0 spiro atoms. The first-order valence-corrected chi connectivity index (χ1v) is 10.5. The topological polar surface area (TPSA) is 111 Å². The highest BCUT2D eigenvalue weighted by atomic mass is 79.9. The molecule has 0 aliphatic carbocycles. The molecule has 8 nitrogen and oxygen atoms in total. The van der Waals surface area contributed by atoms with Gasteiger partial charge in [0.1, 0.15) is 16.2 Å². The molecule has 10 heteroatoms. The van der Waals surface area contributed by atoms with Crippen LogP contribution in [0, 0.1) is 0 Å². The zero-order chi connectivity index (χ0) is 22.0. The van der Waals surface area contributed by atoms with E-state index in [1.165, 1.54) is 0 Å². The number of pyridine rings is 1. The van der Waals surface area contributed by atoms with Crippen LogP contribution in [0.4, 0.5) is 5.82 Å². The van der Waals surface area contributed by atoms with Gasteiger partial charge >= 0.3 is 0 Å². The summed E-state index contributed by atoms with van der Waals surface area (Å²) in [6.45, 7) is 2.11. The van der Waals surface area contributed by atoms with Crippen molar-refractivity contribution in [1.82, 2.24) is 30.0 Å². The number of hydrogen-bond acceptors (Lipinski definition) is 7. The van der Waals surface area contributed by atoms with Gasteiger partial charge in [-0.05, 0) is 65.3 Å². The summed E-state index contributed by atoms with van der Waals surface area (Å²) in [5.74, 6) is 0.567. The first-order valence-electron chi connectivity index (χ1n) is 9.34. The van der Waals surface area contributed by atoms with Gasteiger partial charge < -0.3 is 10.6 Å². The molecule has 2 N–H and O–H groups in total. The average molecular weight is 499 g/mol. The number of rotatable bonds is 5. The summed E-state index contributed by atoms with van der Waals surface area (Å²) in [4.78, 5) is 28.1. The molecule has 31 heavy (non-hydrogen) atoms. The predicted octanol–water partition coefficient (Wildman–Crippen LogP) is 4.22. The van der Waals surface area contributed by atoms with Gasteiger partial charge in [0.15, 0.2) is 0 Å². The van der Waals surface area contributed by atoms with Crippen molar-refractivity contribution < 1.29 is 4.79 Å².